The molecule has 152 valence electrons. The molecule has 1 aliphatic heterocycles. The van der Waals surface area contributed by atoms with Gasteiger partial charge >= 0.3 is 0 Å². The van der Waals surface area contributed by atoms with Crippen LogP contribution in [-0.2, 0) is 27.1 Å². The molecule has 2 N–H and O–H groups in total. The van der Waals surface area contributed by atoms with Crippen molar-refractivity contribution in [2.45, 2.75) is 38.5 Å². The van der Waals surface area contributed by atoms with Gasteiger partial charge in [-0.3, -0.25) is 4.99 Å². The number of benzene rings is 1. The molecule has 1 aromatic rings. The van der Waals surface area contributed by atoms with Gasteiger partial charge < -0.3 is 15.4 Å². The second kappa shape index (κ2) is 11.3. The number of morpholine rings is 1. The van der Waals surface area contributed by atoms with Gasteiger partial charge in [0, 0.05) is 33.2 Å². The van der Waals surface area contributed by atoms with Gasteiger partial charge in [0.2, 0.25) is 10.0 Å². The Hall–Kier alpha value is -1.64. The predicted molar refractivity (Wildman–Crippen MR) is 109 cm³/mol. The minimum Gasteiger partial charge on any atom is -0.379 e. The Morgan fingerprint density at radius 1 is 1.15 bits per heavy atom. The highest BCUT2D eigenvalue weighted by Crippen LogP contribution is 2.16. The van der Waals surface area contributed by atoms with Gasteiger partial charge in [-0.15, -0.1) is 0 Å². The molecule has 0 bridgehead atoms. The highest BCUT2D eigenvalue weighted by Gasteiger charge is 2.25. The third kappa shape index (κ3) is 7.12. The maximum absolute atomic E-state index is 12.7. The molecule has 2 rings (SSSR count). The van der Waals surface area contributed by atoms with E-state index in [1.165, 1.54) is 17.1 Å². The van der Waals surface area contributed by atoms with Crippen molar-refractivity contribution in [2.75, 3.05) is 39.9 Å². The van der Waals surface area contributed by atoms with E-state index in [9.17, 15) is 8.42 Å². The van der Waals surface area contributed by atoms with E-state index in [4.69, 9.17) is 4.74 Å². The molecule has 7 nitrogen and oxygen atoms in total. The lowest BCUT2D eigenvalue weighted by molar-refractivity contribution is 0.0729. The average Bonchev–Trinajstić information content (AvgIpc) is 2.69. The van der Waals surface area contributed by atoms with Crippen molar-refractivity contribution in [3.05, 3.63) is 35.4 Å². The quantitative estimate of drug-likeness (QED) is 0.377. The van der Waals surface area contributed by atoms with E-state index < -0.39 is 10.0 Å². The smallest absolute Gasteiger partial charge is 0.218 e. The first-order valence-corrected chi connectivity index (χ1v) is 11.2. The lowest BCUT2D eigenvalue weighted by atomic mass is 10.1. The second-order valence-corrected chi connectivity index (χ2v) is 8.56. The number of unbranched alkanes of at least 4 members (excludes halogenated alkanes) is 2. The highest BCUT2D eigenvalue weighted by molar-refractivity contribution is 7.88. The number of hydrogen-bond donors (Lipinski definition) is 2. The van der Waals surface area contributed by atoms with Crippen LogP contribution in [0.25, 0.3) is 0 Å². The van der Waals surface area contributed by atoms with Crippen LogP contribution < -0.4 is 10.6 Å². The Balaban J connectivity index is 1.96. The van der Waals surface area contributed by atoms with Crippen LogP contribution in [0.15, 0.2) is 29.3 Å². The van der Waals surface area contributed by atoms with Gasteiger partial charge in [0.25, 0.3) is 0 Å². The molecule has 1 fully saturated rings. The molecule has 0 aromatic heterocycles. The summed E-state index contributed by atoms with van der Waals surface area (Å²) in [7, 11) is -1.60. The van der Waals surface area contributed by atoms with Crippen LogP contribution in [-0.4, -0.2) is 58.6 Å². The van der Waals surface area contributed by atoms with E-state index in [1.54, 1.807) is 7.05 Å². The zero-order valence-electron chi connectivity index (χ0n) is 16.4. The Morgan fingerprint density at radius 2 is 1.85 bits per heavy atom. The fourth-order valence-electron chi connectivity index (χ4n) is 2.96. The van der Waals surface area contributed by atoms with Gasteiger partial charge in [-0.05, 0) is 17.5 Å². The number of nitrogens with zero attached hydrogens (tertiary/aromatic N) is 2. The molecular formula is C19H32N4O3S. The lowest BCUT2D eigenvalue weighted by Gasteiger charge is -2.26. The number of nitrogens with one attached hydrogen (secondary N) is 2. The first kappa shape index (κ1) is 21.7. The van der Waals surface area contributed by atoms with Gasteiger partial charge in [0.1, 0.15) is 0 Å². The molecule has 0 atom stereocenters. The van der Waals surface area contributed by atoms with Gasteiger partial charge in [-0.2, -0.15) is 4.31 Å². The fourth-order valence-corrected chi connectivity index (χ4v) is 4.53. The highest BCUT2D eigenvalue weighted by atomic mass is 32.2. The monoisotopic (exact) mass is 396 g/mol. The number of hydrogen-bond acceptors (Lipinski definition) is 4. The first-order valence-electron chi connectivity index (χ1n) is 9.63. The summed E-state index contributed by atoms with van der Waals surface area (Å²) in [5, 5.41) is 6.57. The van der Waals surface area contributed by atoms with Gasteiger partial charge in [0.05, 0.1) is 19.0 Å². The van der Waals surface area contributed by atoms with Crippen LogP contribution in [0.4, 0.5) is 0 Å². The number of ether oxygens (including phenoxy) is 1. The molecule has 0 saturated carbocycles. The third-order valence-corrected chi connectivity index (χ3v) is 6.39. The topological polar surface area (TPSA) is 83.0 Å². The van der Waals surface area contributed by atoms with E-state index in [1.807, 2.05) is 24.3 Å². The number of guanidine groups is 1. The predicted octanol–water partition coefficient (Wildman–Crippen LogP) is 1.70. The number of aliphatic imine (C=N–C) groups is 1. The standard InChI is InChI=1S/C19H32N4O3S/c1-3-4-7-10-21-19(20-2)22-15-17-8-5-6-9-18(17)16-27(24,25)23-11-13-26-14-12-23/h5-6,8-9H,3-4,7,10-16H2,1-2H3,(H2,20,21,22). The molecule has 1 aromatic carbocycles. The molecule has 0 spiro atoms. The van der Waals surface area contributed by atoms with Crippen molar-refractivity contribution in [3.8, 4) is 0 Å². The van der Waals surface area contributed by atoms with E-state index in [0.717, 1.165) is 30.1 Å². The largest absolute Gasteiger partial charge is 0.379 e. The van der Waals surface area contributed by atoms with Crippen molar-refractivity contribution in [3.63, 3.8) is 0 Å². The number of rotatable bonds is 9. The Kier molecular flexibility index (Phi) is 9.03. The summed E-state index contributed by atoms with van der Waals surface area (Å²) in [4.78, 5) is 4.23. The summed E-state index contributed by atoms with van der Waals surface area (Å²) in [6.45, 7) is 5.36. The van der Waals surface area contributed by atoms with E-state index in [0.29, 0.717) is 32.8 Å². The van der Waals surface area contributed by atoms with Crippen LogP contribution in [0.3, 0.4) is 0 Å². The van der Waals surface area contributed by atoms with Crippen LogP contribution in [0.1, 0.15) is 37.3 Å². The van der Waals surface area contributed by atoms with Gasteiger partial charge in [-0.1, -0.05) is 44.0 Å². The van der Waals surface area contributed by atoms with Crippen LogP contribution >= 0.6 is 0 Å². The SMILES string of the molecule is CCCCCNC(=NC)NCc1ccccc1CS(=O)(=O)N1CCOCC1. The minimum absolute atomic E-state index is 0.00732. The van der Waals surface area contributed by atoms with Crippen LogP contribution in [0, 0.1) is 0 Å². The Morgan fingerprint density at radius 3 is 2.52 bits per heavy atom. The van der Waals surface area contributed by atoms with Crippen molar-refractivity contribution >= 4 is 16.0 Å². The maximum atomic E-state index is 12.7. The van der Waals surface area contributed by atoms with Crippen LogP contribution in [0.2, 0.25) is 0 Å². The van der Waals surface area contributed by atoms with Crippen molar-refractivity contribution in [1.29, 1.82) is 0 Å². The van der Waals surface area contributed by atoms with Crippen molar-refractivity contribution in [2.24, 2.45) is 4.99 Å². The Bertz CT molecular complexity index is 701. The van der Waals surface area contributed by atoms with Gasteiger partial charge in [0.15, 0.2) is 5.96 Å². The summed E-state index contributed by atoms with van der Waals surface area (Å²) in [6.07, 6.45) is 3.47. The normalized spacial score (nSPS) is 16.3. The number of sulfonamides is 1. The molecular weight excluding hydrogens is 364 g/mol. The van der Waals surface area contributed by atoms with E-state index in [2.05, 4.69) is 22.5 Å². The van der Waals surface area contributed by atoms with E-state index in [-0.39, 0.29) is 5.75 Å². The molecule has 0 amide bonds. The van der Waals surface area contributed by atoms with Gasteiger partial charge in [-0.25, -0.2) is 8.42 Å². The first-order chi connectivity index (χ1) is 13.1. The summed E-state index contributed by atoms with van der Waals surface area (Å²) >= 11 is 0. The van der Waals surface area contributed by atoms with Crippen molar-refractivity contribution < 1.29 is 13.2 Å². The van der Waals surface area contributed by atoms with Crippen LogP contribution in [0.5, 0.6) is 0 Å². The summed E-state index contributed by atoms with van der Waals surface area (Å²) < 4.78 is 32.2. The molecule has 0 aliphatic carbocycles. The zero-order valence-corrected chi connectivity index (χ0v) is 17.2. The Labute approximate surface area is 163 Å². The summed E-state index contributed by atoms with van der Waals surface area (Å²) in [5.41, 5.74) is 1.78. The molecule has 1 heterocycles. The molecule has 1 saturated heterocycles. The molecule has 1 aliphatic rings. The van der Waals surface area contributed by atoms with E-state index >= 15 is 0 Å². The maximum Gasteiger partial charge on any atom is 0.218 e. The molecule has 8 heteroatoms. The van der Waals surface area contributed by atoms with Crippen molar-refractivity contribution in [1.82, 2.24) is 14.9 Å². The average molecular weight is 397 g/mol. The summed E-state index contributed by atoms with van der Waals surface area (Å²) in [5.74, 6) is 0.741. The second-order valence-electron chi connectivity index (χ2n) is 6.60. The molecule has 27 heavy (non-hydrogen) atoms. The fraction of sp³-hybridized carbons (Fsp3) is 0.632. The zero-order chi connectivity index (χ0) is 19.5. The minimum atomic E-state index is -3.34. The molecule has 0 radical (unpaired) electrons. The molecule has 0 unspecified atom stereocenters. The summed E-state index contributed by atoms with van der Waals surface area (Å²) in [6, 6.07) is 7.65. The lowest BCUT2D eigenvalue weighted by Crippen LogP contribution is -2.41. The third-order valence-electron chi connectivity index (χ3n) is 4.56.